The van der Waals surface area contributed by atoms with Gasteiger partial charge in [0.05, 0.1) is 6.04 Å². The molecule has 0 bridgehead atoms. The van der Waals surface area contributed by atoms with Crippen molar-refractivity contribution in [3.8, 4) is 0 Å². The lowest BCUT2D eigenvalue weighted by molar-refractivity contribution is -0.134. The molecule has 0 aliphatic carbocycles. The number of rotatable bonds is 4. The molecule has 2 fully saturated rings. The molecule has 2 atom stereocenters. The SMILES string of the molecule is O=C(CN1CCC(c2ccccc2)NC1=O)N1CCCC(CO)C1. The lowest BCUT2D eigenvalue weighted by Gasteiger charge is -2.36. The van der Waals surface area contributed by atoms with Crippen LogP contribution in [0.4, 0.5) is 4.79 Å². The molecule has 3 rings (SSSR count). The van der Waals surface area contributed by atoms with Crippen LogP contribution < -0.4 is 5.32 Å². The summed E-state index contributed by atoms with van der Waals surface area (Å²) >= 11 is 0. The number of nitrogens with one attached hydrogen (secondary N) is 1. The second-order valence-electron chi connectivity index (χ2n) is 6.65. The molecule has 6 nitrogen and oxygen atoms in total. The summed E-state index contributed by atoms with van der Waals surface area (Å²) in [5, 5.41) is 12.3. The zero-order valence-corrected chi connectivity index (χ0v) is 13.9. The number of hydrogen-bond acceptors (Lipinski definition) is 3. The van der Waals surface area contributed by atoms with Crippen molar-refractivity contribution in [3.63, 3.8) is 0 Å². The molecule has 2 saturated heterocycles. The van der Waals surface area contributed by atoms with E-state index in [9.17, 15) is 14.7 Å². The van der Waals surface area contributed by atoms with Gasteiger partial charge in [-0.2, -0.15) is 0 Å². The van der Waals surface area contributed by atoms with Crippen molar-refractivity contribution < 1.29 is 14.7 Å². The van der Waals surface area contributed by atoms with E-state index >= 15 is 0 Å². The predicted octanol–water partition coefficient (Wildman–Crippen LogP) is 1.37. The van der Waals surface area contributed by atoms with Crippen molar-refractivity contribution in [1.82, 2.24) is 15.1 Å². The Bertz CT molecular complexity index is 578. The Labute approximate surface area is 142 Å². The van der Waals surface area contributed by atoms with Crippen LogP contribution in [0.3, 0.4) is 0 Å². The zero-order valence-electron chi connectivity index (χ0n) is 13.9. The molecule has 1 aromatic rings. The summed E-state index contributed by atoms with van der Waals surface area (Å²) < 4.78 is 0. The van der Waals surface area contributed by atoms with Gasteiger partial charge in [-0.3, -0.25) is 4.79 Å². The van der Waals surface area contributed by atoms with Gasteiger partial charge in [0.15, 0.2) is 0 Å². The smallest absolute Gasteiger partial charge is 0.318 e. The first-order valence-electron chi connectivity index (χ1n) is 8.66. The minimum absolute atomic E-state index is 0.0128. The van der Waals surface area contributed by atoms with Crippen LogP contribution in [0.5, 0.6) is 0 Å². The molecule has 1 aromatic carbocycles. The van der Waals surface area contributed by atoms with E-state index in [4.69, 9.17) is 0 Å². The molecule has 24 heavy (non-hydrogen) atoms. The van der Waals surface area contributed by atoms with Crippen molar-refractivity contribution in [1.29, 1.82) is 0 Å². The maximum atomic E-state index is 12.4. The number of carbonyl (C=O) groups is 2. The molecule has 0 saturated carbocycles. The Hall–Kier alpha value is -2.08. The van der Waals surface area contributed by atoms with E-state index in [0.29, 0.717) is 13.1 Å². The fourth-order valence-corrected chi connectivity index (χ4v) is 3.49. The maximum absolute atomic E-state index is 12.4. The highest BCUT2D eigenvalue weighted by Gasteiger charge is 2.30. The third kappa shape index (κ3) is 3.87. The summed E-state index contributed by atoms with van der Waals surface area (Å²) in [5.41, 5.74) is 1.10. The van der Waals surface area contributed by atoms with Crippen molar-refractivity contribution in [2.75, 3.05) is 32.8 Å². The molecule has 0 radical (unpaired) electrons. The van der Waals surface area contributed by atoms with Gasteiger partial charge < -0.3 is 20.2 Å². The summed E-state index contributed by atoms with van der Waals surface area (Å²) in [6.45, 7) is 2.13. The van der Waals surface area contributed by atoms with Gasteiger partial charge in [0, 0.05) is 26.2 Å². The molecule has 2 N–H and O–H groups in total. The van der Waals surface area contributed by atoms with Crippen LogP contribution in [0.2, 0.25) is 0 Å². The highest BCUT2D eigenvalue weighted by molar-refractivity contribution is 5.84. The van der Waals surface area contributed by atoms with Crippen LogP contribution in [-0.2, 0) is 4.79 Å². The Morgan fingerprint density at radius 3 is 2.71 bits per heavy atom. The van der Waals surface area contributed by atoms with Gasteiger partial charge in [0.25, 0.3) is 0 Å². The molecule has 2 unspecified atom stereocenters. The number of urea groups is 1. The van der Waals surface area contributed by atoms with Gasteiger partial charge in [0.1, 0.15) is 6.54 Å². The zero-order chi connectivity index (χ0) is 16.9. The number of hydrogen-bond donors (Lipinski definition) is 2. The third-order valence-electron chi connectivity index (χ3n) is 4.93. The number of aliphatic hydroxyl groups is 1. The fourth-order valence-electron chi connectivity index (χ4n) is 3.49. The van der Waals surface area contributed by atoms with Crippen LogP contribution in [-0.4, -0.2) is 59.6 Å². The summed E-state index contributed by atoms with van der Waals surface area (Å²) in [7, 11) is 0. The van der Waals surface area contributed by atoms with Gasteiger partial charge in [-0.15, -0.1) is 0 Å². The molecule has 2 aliphatic rings. The second kappa shape index (κ2) is 7.66. The number of benzene rings is 1. The molecule has 2 aliphatic heterocycles. The summed E-state index contributed by atoms with van der Waals surface area (Å²) in [6, 6.07) is 9.73. The Morgan fingerprint density at radius 2 is 2.00 bits per heavy atom. The number of nitrogens with zero attached hydrogens (tertiary/aromatic N) is 2. The van der Waals surface area contributed by atoms with Crippen molar-refractivity contribution in [2.45, 2.75) is 25.3 Å². The normalized spacial score (nSPS) is 24.6. The minimum Gasteiger partial charge on any atom is -0.396 e. The Kier molecular flexibility index (Phi) is 5.35. The van der Waals surface area contributed by atoms with Gasteiger partial charge in [-0.25, -0.2) is 4.79 Å². The van der Waals surface area contributed by atoms with Crippen molar-refractivity contribution in [2.24, 2.45) is 5.92 Å². The van der Waals surface area contributed by atoms with Crippen LogP contribution in [0, 0.1) is 5.92 Å². The first-order chi connectivity index (χ1) is 11.7. The van der Waals surface area contributed by atoms with E-state index in [2.05, 4.69) is 5.32 Å². The fraction of sp³-hybridized carbons (Fsp3) is 0.556. The standard InChI is InChI=1S/C18H25N3O3/c22-13-14-5-4-9-20(11-14)17(23)12-21-10-8-16(19-18(21)24)15-6-2-1-3-7-15/h1-3,6-7,14,16,22H,4-5,8-13H2,(H,19,24). The predicted molar refractivity (Wildman–Crippen MR) is 90.3 cm³/mol. The van der Waals surface area contributed by atoms with Crippen LogP contribution >= 0.6 is 0 Å². The largest absolute Gasteiger partial charge is 0.396 e. The quantitative estimate of drug-likeness (QED) is 0.875. The molecule has 3 amide bonds. The summed E-state index contributed by atoms with van der Waals surface area (Å²) in [5.74, 6) is 0.141. The van der Waals surface area contributed by atoms with Gasteiger partial charge in [-0.05, 0) is 30.7 Å². The van der Waals surface area contributed by atoms with Crippen LogP contribution in [0.25, 0.3) is 0 Å². The number of amides is 3. The van der Waals surface area contributed by atoms with Crippen molar-refractivity contribution >= 4 is 11.9 Å². The van der Waals surface area contributed by atoms with E-state index < -0.39 is 0 Å². The minimum atomic E-state index is -0.181. The van der Waals surface area contributed by atoms with Crippen LogP contribution in [0.15, 0.2) is 30.3 Å². The van der Waals surface area contributed by atoms with Gasteiger partial charge in [0.2, 0.25) is 5.91 Å². The monoisotopic (exact) mass is 331 g/mol. The van der Waals surface area contributed by atoms with Crippen LogP contribution in [0.1, 0.15) is 30.9 Å². The van der Waals surface area contributed by atoms with Gasteiger partial charge in [-0.1, -0.05) is 30.3 Å². The van der Waals surface area contributed by atoms with E-state index in [0.717, 1.165) is 31.4 Å². The molecule has 0 spiro atoms. The average Bonchev–Trinajstić information content (AvgIpc) is 2.64. The number of carbonyl (C=O) groups excluding carboxylic acids is 2. The molecule has 2 heterocycles. The molecule has 0 aromatic heterocycles. The van der Waals surface area contributed by atoms with Gasteiger partial charge >= 0.3 is 6.03 Å². The first-order valence-corrected chi connectivity index (χ1v) is 8.66. The lowest BCUT2D eigenvalue weighted by atomic mass is 9.99. The summed E-state index contributed by atoms with van der Waals surface area (Å²) in [6.07, 6.45) is 2.67. The third-order valence-corrected chi connectivity index (χ3v) is 4.93. The molecule has 6 heteroatoms. The lowest BCUT2D eigenvalue weighted by Crippen LogP contribution is -2.53. The number of likely N-dealkylation sites (tertiary alicyclic amines) is 1. The maximum Gasteiger partial charge on any atom is 0.318 e. The van der Waals surface area contributed by atoms with E-state index in [1.54, 1.807) is 9.80 Å². The molecular formula is C18H25N3O3. The van der Waals surface area contributed by atoms with Crippen molar-refractivity contribution in [3.05, 3.63) is 35.9 Å². The first kappa shape index (κ1) is 16.8. The highest BCUT2D eigenvalue weighted by Crippen LogP contribution is 2.21. The highest BCUT2D eigenvalue weighted by atomic mass is 16.3. The molecule has 130 valence electrons. The van der Waals surface area contributed by atoms with E-state index in [1.165, 1.54) is 0 Å². The number of piperidine rings is 1. The molecular weight excluding hydrogens is 306 g/mol. The number of aliphatic hydroxyl groups excluding tert-OH is 1. The average molecular weight is 331 g/mol. The summed E-state index contributed by atoms with van der Waals surface area (Å²) in [4.78, 5) is 28.1. The second-order valence-corrected chi connectivity index (χ2v) is 6.65. The topological polar surface area (TPSA) is 72.9 Å². The van der Waals surface area contributed by atoms with E-state index in [1.807, 2.05) is 30.3 Å². The Balaban J connectivity index is 1.53. The Morgan fingerprint density at radius 1 is 1.21 bits per heavy atom. The van der Waals surface area contributed by atoms with E-state index in [-0.39, 0.29) is 37.0 Å².